The van der Waals surface area contributed by atoms with E-state index in [2.05, 4.69) is 11.8 Å². The van der Waals surface area contributed by atoms with Crippen molar-refractivity contribution in [2.45, 2.75) is 6.42 Å². The van der Waals surface area contributed by atoms with Crippen LogP contribution in [0, 0.1) is 11.8 Å². The molecule has 2 aromatic rings. The minimum Gasteiger partial charge on any atom is -0.477 e. The Hall–Kier alpha value is -2.55. The highest BCUT2D eigenvalue weighted by Gasteiger charge is 2.23. The van der Waals surface area contributed by atoms with Crippen molar-refractivity contribution in [3.63, 3.8) is 0 Å². The standard InChI is InChI=1S/C19H15ClO4S/c20-17-11-9-16(10-12-17)7-4-8-18(19(21)22)25(23,24)14-13-15-5-2-1-3-6-15/h1-3,5-6,8-12H,13-14H2,(H,21,22). The van der Waals surface area contributed by atoms with E-state index in [4.69, 9.17) is 11.6 Å². The van der Waals surface area contributed by atoms with Crippen LogP contribution in [-0.2, 0) is 21.1 Å². The molecule has 1 N–H and O–H groups in total. The van der Waals surface area contributed by atoms with Gasteiger partial charge in [0.05, 0.1) is 5.75 Å². The number of rotatable bonds is 5. The molecule has 0 unspecified atom stereocenters. The summed E-state index contributed by atoms with van der Waals surface area (Å²) in [5.74, 6) is 3.37. The molecule has 0 saturated heterocycles. The first kappa shape index (κ1) is 18.8. The van der Waals surface area contributed by atoms with Crippen LogP contribution in [0.4, 0.5) is 0 Å². The number of benzene rings is 2. The monoisotopic (exact) mass is 374 g/mol. The van der Waals surface area contributed by atoms with Crippen LogP contribution >= 0.6 is 11.6 Å². The molecule has 0 aliphatic heterocycles. The molecule has 0 aromatic heterocycles. The molecule has 0 spiro atoms. The van der Waals surface area contributed by atoms with Gasteiger partial charge in [-0.15, -0.1) is 0 Å². The van der Waals surface area contributed by atoms with E-state index in [1.54, 1.807) is 48.5 Å². The zero-order valence-electron chi connectivity index (χ0n) is 13.1. The van der Waals surface area contributed by atoms with Gasteiger partial charge >= 0.3 is 5.97 Å². The van der Waals surface area contributed by atoms with Gasteiger partial charge < -0.3 is 5.11 Å². The quantitative estimate of drug-likeness (QED) is 0.643. The van der Waals surface area contributed by atoms with Crippen molar-refractivity contribution in [3.05, 3.63) is 81.7 Å². The summed E-state index contributed by atoms with van der Waals surface area (Å²) in [4.78, 5) is 10.6. The Morgan fingerprint density at radius 3 is 2.32 bits per heavy atom. The van der Waals surface area contributed by atoms with Crippen molar-refractivity contribution >= 4 is 27.4 Å². The average molecular weight is 375 g/mol. The van der Waals surface area contributed by atoms with Gasteiger partial charge in [-0.1, -0.05) is 53.8 Å². The van der Waals surface area contributed by atoms with Crippen molar-refractivity contribution in [2.75, 3.05) is 5.75 Å². The van der Waals surface area contributed by atoms with Crippen molar-refractivity contribution in [1.29, 1.82) is 0 Å². The Bertz CT molecular complexity index is 934. The van der Waals surface area contributed by atoms with Gasteiger partial charge in [0.2, 0.25) is 0 Å². The smallest absolute Gasteiger partial charge is 0.348 e. The van der Waals surface area contributed by atoms with Crippen molar-refractivity contribution in [3.8, 4) is 11.8 Å². The largest absolute Gasteiger partial charge is 0.477 e. The van der Waals surface area contributed by atoms with Crippen molar-refractivity contribution < 1.29 is 18.3 Å². The molecule has 0 bridgehead atoms. The number of carboxylic acids is 1. The third-order valence-electron chi connectivity index (χ3n) is 3.31. The lowest BCUT2D eigenvalue weighted by Gasteiger charge is -2.04. The second kappa shape index (κ2) is 8.52. The molecule has 0 amide bonds. The summed E-state index contributed by atoms with van der Waals surface area (Å²) in [6.07, 6.45) is 1.16. The van der Waals surface area contributed by atoms with Crippen molar-refractivity contribution in [2.24, 2.45) is 0 Å². The number of carbonyl (C=O) groups is 1. The van der Waals surface area contributed by atoms with Gasteiger partial charge in [0.25, 0.3) is 0 Å². The average Bonchev–Trinajstić information content (AvgIpc) is 2.59. The zero-order valence-corrected chi connectivity index (χ0v) is 14.7. The first-order valence-electron chi connectivity index (χ1n) is 7.36. The maximum Gasteiger partial charge on any atom is 0.348 e. The molecule has 0 atom stereocenters. The number of halogens is 1. The van der Waals surface area contributed by atoms with Crippen LogP contribution in [0.5, 0.6) is 0 Å². The van der Waals surface area contributed by atoms with Crippen LogP contribution < -0.4 is 0 Å². The number of hydrogen-bond donors (Lipinski definition) is 1. The number of sulfone groups is 1. The molecule has 4 nitrogen and oxygen atoms in total. The molecule has 128 valence electrons. The van der Waals surface area contributed by atoms with Crippen LogP contribution in [0.1, 0.15) is 11.1 Å². The van der Waals surface area contributed by atoms with E-state index in [0.29, 0.717) is 10.6 Å². The van der Waals surface area contributed by atoms with Gasteiger partial charge in [0.1, 0.15) is 0 Å². The molecule has 0 radical (unpaired) electrons. The second-order valence-electron chi connectivity index (χ2n) is 5.14. The molecule has 0 aliphatic carbocycles. The fourth-order valence-electron chi connectivity index (χ4n) is 2.01. The highest BCUT2D eigenvalue weighted by Crippen LogP contribution is 2.12. The van der Waals surface area contributed by atoms with E-state index in [1.807, 2.05) is 6.07 Å². The molecule has 6 heteroatoms. The Kier molecular flexibility index (Phi) is 6.40. The molecule has 2 aromatic carbocycles. The summed E-state index contributed by atoms with van der Waals surface area (Å²) in [6, 6.07) is 15.6. The van der Waals surface area contributed by atoms with Gasteiger partial charge in [0.15, 0.2) is 14.7 Å². The van der Waals surface area contributed by atoms with E-state index in [1.165, 1.54) is 0 Å². The Morgan fingerprint density at radius 2 is 1.72 bits per heavy atom. The highest BCUT2D eigenvalue weighted by molar-refractivity contribution is 7.96. The summed E-state index contributed by atoms with van der Waals surface area (Å²) in [7, 11) is -3.94. The third-order valence-corrected chi connectivity index (χ3v) is 5.27. The molecule has 0 aliphatic rings. The fourth-order valence-corrected chi connectivity index (χ4v) is 3.36. The minimum atomic E-state index is -3.94. The van der Waals surface area contributed by atoms with Crippen LogP contribution in [0.2, 0.25) is 5.02 Å². The van der Waals surface area contributed by atoms with E-state index in [-0.39, 0.29) is 12.2 Å². The summed E-state index contributed by atoms with van der Waals surface area (Å²) in [6.45, 7) is 0. The maximum absolute atomic E-state index is 12.3. The summed E-state index contributed by atoms with van der Waals surface area (Å²) in [5.41, 5.74) is 1.43. The van der Waals surface area contributed by atoms with E-state index < -0.39 is 20.7 Å². The topological polar surface area (TPSA) is 71.4 Å². The zero-order chi connectivity index (χ0) is 18.3. The van der Waals surface area contributed by atoms with Gasteiger partial charge in [0, 0.05) is 16.7 Å². The van der Waals surface area contributed by atoms with E-state index in [0.717, 1.165) is 11.6 Å². The van der Waals surface area contributed by atoms with E-state index >= 15 is 0 Å². The van der Waals surface area contributed by atoms with Crippen LogP contribution in [0.25, 0.3) is 0 Å². The lowest BCUT2D eigenvalue weighted by molar-refractivity contribution is -0.131. The van der Waals surface area contributed by atoms with Crippen LogP contribution in [0.3, 0.4) is 0 Å². The molecule has 25 heavy (non-hydrogen) atoms. The number of carboxylic acid groups (broad SMARTS) is 1. The molecule has 0 heterocycles. The molecule has 2 rings (SSSR count). The Labute approximate surface area is 151 Å². The first-order chi connectivity index (χ1) is 11.9. The molecular formula is C19H15ClO4S. The van der Waals surface area contributed by atoms with Gasteiger partial charge in [-0.25, -0.2) is 13.2 Å². The maximum atomic E-state index is 12.3. The SMILES string of the molecule is O=C(O)C(=CC#Cc1ccc(Cl)cc1)S(=O)(=O)CCc1ccccc1. The number of aliphatic carboxylic acids is 1. The predicted molar refractivity (Wildman–Crippen MR) is 98.0 cm³/mol. The van der Waals surface area contributed by atoms with Gasteiger partial charge in [-0.3, -0.25) is 0 Å². The van der Waals surface area contributed by atoms with Crippen LogP contribution in [-0.4, -0.2) is 25.2 Å². The molecule has 0 saturated carbocycles. The lowest BCUT2D eigenvalue weighted by Crippen LogP contribution is -2.17. The predicted octanol–water partition coefficient (Wildman–Crippen LogP) is 3.32. The highest BCUT2D eigenvalue weighted by atomic mass is 35.5. The Balaban J connectivity index is 2.18. The fraction of sp³-hybridized carbons (Fsp3) is 0.105. The second-order valence-corrected chi connectivity index (χ2v) is 7.66. The summed E-state index contributed by atoms with van der Waals surface area (Å²) in [5, 5.41) is 9.76. The minimum absolute atomic E-state index is 0.235. The van der Waals surface area contributed by atoms with Gasteiger partial charge in [-0.2, -0.15) is 0 Å². The number of aryl methyl sites for hydroxylation is 1. The Morgan fingerprint density at radius 1 is 1.08 bits per heavy atom. The summed E-state index contributed by atoms with van der Waals surface area (Å²) >= 11 is 5.77. The normalized spacial score (nSPS) is 11.5. The van der Waals surface area contributed by atoms with E-state index in [9.17, 15) is 18.3 Å². The summed E-state index contributed by atoms with van der Waals surface area (Å²) < 4.78 is 24.6. The molecule has 0 fully saturated rings. The van der Waals surface area contributed by atoms with Crippen LogP contribution in [0.15, 0.2) is 65.6 Å². The lowest BCUT2D eigenvalue weighted by atomic mass is 10.2. The third kappa shape index (κ3) is 5.79. The number of hydrogen-bond acceptors (Lipinski definition) is 3. The van der Waals surface area contributed by atoms with Crippen molar-refractivity contribution in [1.82, 2.24) is 0 Å². The number of allylic oxidation sites excluding steroid dienone is 1. The molecular weight excluding hydrogens is 360 g/mol. The first-order valence-corrected chi connectivity index (χ1v) is 9.39. The van der Waals surface area contributed by atoms with Gasteiger partial charge in [-0.05, 0) is 36.2 Å².